The SMILES string of the molecule is Cc1c(C(=O)NNC(=O)OC(C)(C)C)nn(-c2ccc(Cl)cc2Cl)c1-c1ccc(Cl)cc1. The van der Waals surface area contributed by atoms with E-state index in [-0.39, 0.29) is 5.69 Å². The Balaban J connectivity index is 2.02. The van der Waals surface area contributed by atoms with Crippen molar-refractivity contribution in [2.45, 2.75) is 33.3 Å². The molecule has 1 heterocycles. The van der Waals surface area contributed by atoms with Crippen LogP contribution in [0, 0.1) is 6.92 Å². The van der Waals surface area contributed by atoms with Gasteiger partial charge in [-0.2, -0.15) is 5.10 Å². The monoisotopic (exact) mass is 494 g/mol. The summed E-state index contributed by atoms with van der Waals surface area (Å²) in [6, 6.07) is 12.1. The van der Waals surface area contributed by atoms with E-state index < -0.39 is 17.6 Å². The molecule has 10 heteroatoms. The van der Waals surface area contributed by atoms with Gasteiger partial charge in [0, 0.05) is 21.2 Å². The lowest BCUT2D eigenvalue weighted by molar-refractivity contribution is 0.0483. The quantitative estimate of drug-likeness (QED) is 0.438. The fourth-order valence-corrected chi connectivity index (χ4v) is 3.57. The molecule has 0 atom stereocenters. The topological polar surface area (TPSA) is 85.2 Å². The summed E-state index contributed by atoms with van der Waals surface area (Å²) >= 11 is 18.5. The van der Waals surface area contributed by atoms with Crippen molar-refractivity contribution in [1.82, 2.24) is 20.6 Å². The average Bonchev–Trinajstić information content (AvgIpc) is 3.02. The number of benzene rings is 2. The van der Waals surface area contributed by atoms with Gasteiger partial charge in [-0.05, 0) is 58.0 Å². The molecule has 0 aliphatic carbocycles. The predicted octanol–water partition coefficient (Wildman–Crippen LogP) is 5.98. The van der Waals surface area contributed by atoms with Gasteiger partial charge in [-0.15, -0.1) is 0 Å². The molecular weight excluding hydrogens is 475 g/mol. The van der Waals surface area contributed by atoms with E-state index in [9.17, 15) is 9.59 Å². The van der Waals surface area contributed by atoms with E-state index in [1.54, 1.807) is 62.7 Å². The number of halogens is 3. The third-order valence-electron chi connectivity index (χ3n) is 4.27. The van der Waals surface area contributed by atoms with E-state index in [1.807, 2.05) is 12.1 Å². The number of nitrogens with zero attached hydrogens (tertiary/aromatic N) is 2. The maximum Gasteiger partial charge on any atom is 0.426 e. The fraction of sp³-hybridized carbons (Fsp3) is 0.227. The zero-order chi connectivity index (χ0) is 23.6. The molecule has 0 aliphatic rings. The number of hydrogen-bond donors (Lipinski definition) is 2. The Morgan fingerprint density at radius 3 is 2.19 bits per heavy atom. The van der Waals surface area contributed by atoms with Crippen molar-refractivity contribution in [3.8, 4) is 16.9 Å². The van der Waals surface area contributed by atoms with Gasteiger partial charge in [0.25, 0.3) is 5.91 Å². The van der Waals surface area contributed by atoms with E-state index in [1.165, 1.54) is 0 Å². The molecule has 168 valence electrons. The minimum absolute atomic E-state index is 0.0945. The lowest BCUT2D eigenvalue weighted by Gasteiger charge is -2.19. The van der Waals surface area contributed by atoms with E-state index >= 15 is 0 Å². The number of ether oxygens (including phenoxy) is 1. The fourth-order valence-electron chi connectivity index (χ4n) is 2.96. The first kappa shape index (κ1) is 23.9. The minimum atomic E-state index is -0.790. The Morgan fingerprint density at radius 1 is 0.969 bits per heavy atom. The van der Waals surface area contributed by atoms with Crippen LogP contribution in [0.25, 0.3) is 16.9 Å². The maximum absolute atomic E-state index is 12.8. The Hall–Kier alpha value is -2.74. The van der Waals surface area contributed by atoms with Crippen LogP contribution in [0.15, 0.2) is 42.5 Å². The van der Waals surface area contributed by atoms with Gasteiger partial charge >= 0.3 is 6.09 Å². The predicted molar refractivity (Wildman–Crippen MR) is 126 cm³/mol. The van der Waals surface area contributed by atoms with Crippen molar-refractivity contribution in [2.24, 2.45) is 0 Å². The summed E-state index contributed by atoms with van der Waals surface area (Å²) < 4.78 is 6.68. The highest BCUT2D eigenvalue weighted by Crippen LogP contribution is 2.33. The molecule has 0 spiro atoms. The van der Waals surface area contributed by atoms with E-state index in [0.717, 1.165) is 5.56 Å². The molecular formula is C22H21Cl3N4O3. The van der Waals surface area contributed by atoms with Gasteiger partial charge in [-0.25, -0.2) is 14.9 Å². The van der Waals surface area contributed by atoms with Crippen molar-refractivity contribution < 1.29 is 14.3 Å². The smallest absolute Gasteiger partial charge is 0.426 e. The summed E-state index contributed by atoms with van der Waals surface area (Å²) in [5, 5.41) is 5.87. The molecule has 0 bridgehead atoms. The van der Waals surface area contributed by atoms with E-state index in [0.29, 0.717) is 32.0 Å². The highest BCUT2D eigenvalue weighted by molar-refractivity contribution is 6.35. The van der Waals surface area contributed by atoms with Gasteiger partial charge in [-0.1, -0.05) is 46.9 Å². The highest BCUT2D eigenvalue weighted by atomic mass is 35.5. The van der Waals surface area contributed by atoms with Crippen LogP contribution >= 0.6 is 34.8 Å². The van der Waals surface area contributed by atoms with Crippen LogP contribution < -0.4 is 10.9 Å². The number of hydrogen-bond acceptors (Lipinski definition) is 4. The van der Waals surface area contributed by atoms with Gasteiger partial charge in [0.1, 0.15) is 5.60 Å². The van der Waals surface area contributed by atoms with Gasteiger partial charge in [0.2, 0.25) is 0 Å². The first-order valence-electron chi connectivity index (χ1n) is 9.56. The zero-order valence-corrected chi connectivity index (χ0v) is 20.1. The summed E-state index contributed by atoms with van der Waals surface area (Å²) in [6.45, 7) is 6.90. The number of carbonyl (C=O) groups is 2. The van der Waals surface area contributed by atoms with Gasteiger partial charge < -0.3 is 4.74 Å². The molecule has 0 fully saturated rings. The van der Waals surface area contributed by atoms with Crippen LogP contribution in [0.3, 0.4) is 0 Å². The molecule has 2 N–H and O–H groups in total. The van der Waals surface area contributed by atoms with Crippen LogP contribution in [0.1, 0.15) is 36.8 Å². The first-order valence-corrected chi connectivity index (χ1v) is 10.7. The summed E-state index contributed by atoms with van der Waals surface area (Å²) in [5.41, 5.74) is 6.44. The van der Waals surface area contributed by atoms with Crippen LogP contribution in [0.2, 0.25) is 15.1 Å². The zero-order valence-electron chi connectivity index (χ0n) is 17.8. The molecule has 32 heavy (non-hydrogen) atoms. The molecule has 1 aromatic heterocycles. The normalized spacial score (nSPS) is 11.2. The number of nitrogens with one attached hydrogen (secondary N) is 2. The minimum Gasteiger partial charge on any atom is -0.443 e. The Labute approximate surface area is 200 Å². The summed E-state index contributed by atoms with van der Waals surface area (Å²) in [6.07, 6.45) is -0.790. The lowest BCUT2D eigenvalue weighted by Crippen LogP contribution is -2.44. The van der Waals surface area contributed by atoms with E-state index in [4.69, 9.17) is 39.5 Å². The van der Waals surface area contributed by atoms with Crippen LogP contribution in [-0.4, -0.2) is 27.4 Å². The molecule has 3 aromatic rings. The van der Waals surface area contributed by atoms with Crippen molar-refractivity contribution in [3.05, 3.63) is 68.8 Å². The molecule has 2 aromatic carbocycles. The standard InChI is InChI=1S/C22H21Cl3N4O3/c1-12-18(20(30)26-27-21(31)32-22(2,3)4)28-29(17-10-9-15(24)11-16(17)25)19(12)13-5-7-14(23)8-6-13/h5-11H,1-4H3,(H,26,30)(H,27,31). The second-order valence-corrected chi connectivity index (χ2v) is 9.20. The largest absolute Gasteiger partial charge is 0.443 e. The molecule has 0 saturated carbocycles. The summed E-state index contributed by atoms with van der Waals surface area (Å²) in [4.78, 5) is 24.7. The third kappa shape index (κ3) is 5.54. The Kier molecular flexibility index (Phi) is 7.03. The molecule has 2 amide bonds. The number of carbonyl (C=O) groups excluding carboxylic acids is 2. The number of hydrazine groups is 1. The van der Waals surface area contributed by atoms with Crippen molar-refractivity contribution in [1.29, 1.82) is 0 Å². The van der Waals surface area contributed by atoms with Crippen molar-refractivity contribution >= 4 is 46.8 Å². The second kappa shape index (κ2) is 9.40. The van der Waals surface area contributed by atoms with Gasteiger partial charge in [0.15, 0.2) is 5.69 Å². The molecule has 7 nitrogen and oxygen atoms in total. The number of amides is 2. The summed E-state index contributed by atoms with van der Waals surface area (Å²) in [5.74, 6) is -0.618. The number of rotatable bonds is 3. The highest BCUT2D eigenvalue weighted by Gasteiger charge is 2.24. The van der Waals surface area contributed by atoms with Crippen molar-refractivity contribution in [2.75, 3.05) is 0 Å². The Bertz CT molecular complexity index is 1170. The van der Waals surface area contributed by atoms with Crippen LogP contribution in [-0.2, 0) is 4.74 Å². The maximum atomic E-state index is 12.8. The lowest BCUT2D eigenvalue weighted by atomic mass is 10.1. The van der Waals surface area contributed by atoms with Crippen LogP contribution in [0.5, 0.6) is 0 Å². The third-order valence-corrected chi connectivity index (χ3v) is 5.06. The van der Waals surface area contributed by atoms with Gasteiger partial charge in [0.05, 0.1) is 16.4 Å². The molecule has 0 aliphatic heterocycles. The number of aromatic nitrogens is 2. The molecule has 0 saturated heterocycles. The Morgan fingerprint density at radius 2 is 1.59 bits per heavy atom. The first-order chi connectivity index (χ1) is 15.0. The van der Waals surface area contributed by atoms with Gasteiger partial charge in [-0.3, -0.25) is 10.2 Å². The molecule has 0 unspecified atom stereocenters. The average molecular weight is 496 g/mol. The van der Waals surface area contributed by atoms with Crippen molar-refractivity contribution in [3.63, 3.8) is 0 Å². The van der Waals surface area contributed by atoms with E-state index in [2.05, 4.69) is 16.0 Å². The van der Waals surface area contributed by atoms with Crippen LogP contribution in [0.4, 0.5) is 4.79 Å². The molecule has 0 radical (unpaired) electrons. The summed E-state index contributed by atoms with van der Waals surface area (Å²) in [7, 11) is 0. The molecule has 3 rings (SSSR count). The second-order valence-electron chi connectivity index (χ2n) is 7.92.